The first-order valence-electron chi connectivity index (χ1n) is 17.4. The van der Waals surface area contributed by atoms with Gasteiger partial charge in [0.15, 0.2) is 0 Å². The van der Waals surface area contributed by atoms with Crippen molar-refractivity contribution in [2.75, 3.05) is 11.4 Å². The first-order chi connectivity index (χ1) is 22.4. The minimum absolute atomic E-state index is 0.183. The van der Waals surface area contributed by atoms with E-state index in [1.54, 1.807) is 41.3 Å². The fraction of sp³-hybridized carbons (Fsp3) is 0.487. The summed E-state index contributed by atoms with van der Waals surface area (Å²) in [5.74, 6) is 1.80. The van der Waals surface area contributed by atoms with Crippen molar-refractivity contribution >= 4 is 17.5 Å². The third kappa shape index (κ3) is 14.9. The molecule has 0 aliphatic rings. The molecule has 2 amide bonds. The predicted molar refractivity (Wildman–Crippen MR) is 187 cm³/mol. The second kappa shape index (κ2) is 21.7. The van der Waals surface area contributed by atoms with Crippen LogP contribution in [-0.4, -0.2) is 23.5 Å². The molecule has 0 aliphatic heterocycles. The topological polar surface area (TPSA) is 102 Å². The second-order valence-corrected chi connectivity index (χ2v) is 12.2. The van der Waals surface area contributed by atoms with E-state index >= 15 is 0 Å². The van der Waals surface area contributed by atoms with Crippen LogP contribution in [0.4, 0.5) is 5.69 Å². The standard InChI is InChI=1S/C39H54N2O5/c1-2-3-4-5-6-7-8-9-10-11-12-13-14-15-16-17-30-41(39(44)31-38(40)43)32-18-22-34(23-19-32)45-36-26-28-37(29-27-36)46-35-24-20-33(42)21-25-35/h18-29,42H,2-17,30-31H2,1H3,(H2,40,43). The van der Waals surface area contributed by atoms with Gasteiger partial charge in [-0.3, -0.25) is 9.59 Å². The van der Waals surface area contributed by atoms with Gasteiger partial charge in [0.2, 0.25) is 11.8 Å². The third-order valence-electron chi connectivity index (χ3n) is 8.14. The minimum atomic E-state index is -0.625. The number of ether oxygens (including phenoxy) is 2. The van der Waals surface area contributed by atoms with E-state index in [9.17, 15) is 14.7 Å². The van der Waals surface area contributed by atoms with Crippen molar-refractivity contribution in [3.8, 4) is 28.7 Å². The maximum absolute atomic E-state index is 12.9. The van der Waals surface area contributed by atoms with Gasteiger partial charge in [-0.2, -0.15) is 0 Å². The van der Waals surface area contributed by atoms with Crippen LogP contribution < -0.4 is 20.1 Å². The maximum Gasteiger partial charge on any atom is 0.236 e. The number of amides is 2. The number of hydrogen-bond donors (Lipinski definition) is 2. The molecule has 0 heterocycles. The highest BCUT2D eigenvalue weighted by Crippen LogP contribution is 2.29. The fourth-order valence-corrected chi connectivity index (χ4v) is 5.52. The molecule has 7 heteroatoms. The van der Waals surface area contributed by atoms with Crippen molar-refractivity contribution in [3.05, 3.63) is 72.8 Å². The number of nitrogens with zero attached hydrogens (tertiary/aromatic N) is 1. The van der Waals surface area contributed by atoms with Crippen molar-refractivity contribution in [1.29, 1.82) is 0 Å². The lowest BCUT2D eigenvalue weighted by Gasteiger charge is -2.23. The molecular formula is C39H54N2O5. The summed E-state index contributed by atoms with van der Waals surface area (Å²) in [7, 11) is 0. The van der Waals surface area contributed by atoms with Gasteiger partial charge in [0.25, 0.3) is 0 Å². The lowest BCUT2D eigenvalue weighted by Crippen LogP contribution is -2.34. The lowest BCUT2D eigenvalue weighted by molar-refractivity contribution is -0.126. The summed E-state index contributed by atoms with van der Waals surface area (Å²) in [6.07, 6.45) is 20.4. The van der Waals surface area contributed by atoms with Crippen LogP contribution in [0.2, 0.25) is 0 Å². The largest absolute Gasteiger partial charge is 0.508 e. The van der Waals surface area contributed by atoms with Gasteiger partial charge >= 0.3 is 0 Å². The Bertz CT molecular complexity index is 1260. The number of nitrogens with two attached hydrogens (primary N) is 1. The molecule has 0 unspecified atom stereocenters. The summed E-state index contributed by atoms with van der Waals surface area (Å²) in [6.45, 7) is 2.82. The number of unbranched alkanes of at least 4 members (excludes halogenated alkanes) is 15. The molecule has 0 atom stereocenters. The zero-order valence-corrected chi connectivity index (χ0v) is 27.8. The van der Waals surface area contributed by atoms with Crippen LogP contribution in [0.15, 0.2) is 72.8 Å². The van der Waals surface area contributed by atoms with Gasteiger partial charge in [-0.15, -0.1) is 0 Å². The van der Waals surface area contributed by atoms with Crippen molar-refractivity contribution in [2.45, 2.75) is 116 Å². The molecule has 0 aromatic heterocycles. The van der Waals surface area contributed by atoms with E-state index in [4.69, 9.17) is 15.2 Å². The average Bonchev–Trinajstić information content (AvgIpc) is 3.05. The lowest BCUT2D eigenvalue weighted by atomic mass is 10.0. The minimum Gasteiger partial charge on any atom is -0.508 e. The molecule has 3 rings (SSSR count). The van der Waals surface area contributed by atoms with Crippen molar-refractivity contribution in [3.63, 3.8) is 0 Å². The Morgan fingerprint density at radius 1 is 0.565 bits per heavy atom. The third-order valence-corrected chi connectivity index (χ3v) is 8.14. The highest BCUT2D eigenvalue weighted by Gasteiger charge is 2.18. The Kier molecular flexibility index (Phi) is 17.2. The van der Waals surface area contributed by atoms with Gasteiger partial charge in [0.05, 0.1) is 0 Å². The molecule has 0 saturated heterocycles. The molecule has 0 saturated carbocycles. The summed E-state index contributed by atoms with van der Waals surface area (Å²) in [5, 5.41) is 9.43. The number of primary amides is 1. The zero-order valence-electron chi connectivity index (χ0n) is 27.8. The number of carbonyl (C=O) groups excluding carboxylic acids is 2. The number of aromatic hydroxyl groups is 1. The number of hydrogen-bond acceptors (Lipinski definition) is 5. The van der Waals surface area contributed by atoms with Gasteiger partial charge in [-0.05, 0) is 79.2 Å². The van der Waals surface area contributed by atoms with E-state index < -0.39 is 5.91 Å². The van der Waals surface area contributed by atoms with Crippen LogP contribution in [0.1, 0.15) is 116 Å². The number of benzene rings is 3. The molecule has 0 spiro atoms. The van der Waals surface area contributed by atoms with Crippen LogP contribution in [0, 0.1) is 0 Å². The van der Waals surface area contributed by atoms with Gasteiger partial charge in [0.1, 0.15) is 35.2 Å². The van der Waals surface area contributed by atoms with Crippen LogP contribution in [0.25, 0.3) is 0 Å². The predicted octanol–water partition coefficient (Wildman–Crippen LogP) is 10.4. The molecule has 0 fully saturated rings. The van der Waals surface area contributed by atoms with Crippen molar-refractivity contribution < 1.29 is 24.2 Å². The normalized spacial score (nSPS) is 10.9. The summed E-state index contributed by atoms with van der Waals surface area (Å²) in [5.41, 5.74) is 6.06. The Labute approximate surface area is 276 Å². The van der Waals surface area contributed by atoms with E-state index in [2.05, 4.69) is 6.92 Å². The van der Waals surface area contributed by atoms with Crippen molar-refractivity contribution in [2.24, 2.45) is 5.73 Å². The number of anilines is 1. The van der Waals surface area contributed by atoms with Crippen LogP contribution in [0.5, 0.6) is 28.7 Å². The Balaban J connectivity index is 1.36. The van der Waals surface area contributed by atoms with Crippen LogP contribution in [0.3, 0.4) is 0 Å². The highest BCUT2D eigenvalue weighted by molar-refractivity contribution is 6.04. The zero-order chi connectivity index (χ0) is 32.8. The summed E-state index contributed by atoms with van der Waals surface area (Å²) < 4.78 is 11.8. The monoisotopic (exact) mass is 630 g/mol. The molecule has 3 aromatic carbocycles. The molecule has 250 valence electrons. The summed E-state index contributed by atoms with van der Waals surface area (Å²) >= 11 is 0. The quantitative estimate of drug-likeness (QED) is 0.0757. The Hall–Kier alpha value is -4.00. The highest BCUT2D eigenvalue weighted by atomic mass is 16.5. The smallest absolute Gasteiger partial charge is 0.236 e. The van der Waals surface area contributed by atoms with Crippen molar-refractivity contribution in [1.82, 2.24) is 0 Å². The average molecular weight is 631 g/mol. The molecule has 3 aromatic rings. The van der Waals surface area contributed by atoms with Gasteiger partial charge in [0, 0.05) is 12.2 Å². The summed E-state index contributed by atoms with van der Waals surface area (Å²) in [6, 6.07) is 21.1. The SMILES string of the molecule is CCCCCCCCCCCCCCCCCCN(C(=O)CC(N)=O)c1ccc(Oc2ccc(Oc3ccc(O)cc3)cc2)cc1. The Morgan fingerprint density at radius 2 is 0.913 bits per heavy atom. The molecule has 0 bridgehead atoms. The molecule has 3 N–H and O–H groups in total. The molecule has 0 aliphatic carbocycles. The number of phenols is 1. The first-order valence-corrected chi connectivity index (χ1v) is 17.4. The maximum atomic E-state index is 12.9. The van der Waals surface area contributed by atoms with Gasteiger partial charge in [-0.25, -0.2) is 0 Å². The summed E-state index contributed by atoms with van der Waals surface area (Å²) in [4.78, 5) is 26.0. The second-order valence-electron chi connectivity index (χ2n) is 12.2. The van der Waals surface area contributed by atoms with Crippen LogP contribution in [-0.2, 0) is 9.59 Å². The van der Waals surface area contributed by atoms with E-state index in [1.165, 1.54) is 83.5 Å². The van der Waals surface area contributed by atoms with Gasteiger partial charge in [-0.1, -0.05) is 103 Å². The Morgan fingerprint density at radius 3 is 1.30 bits per heavy atom. The molecule has 7 nitrogen and oxygen atoms in total. The molecule has 0 radical (unpaired) electrons. The van der Waals surface area contributed by atoms with E-state index in [0.29, 0.717) is 29.5 Å². The van der Waals surface area contributed by atoms with Crippen LogP contribution >= 0.6 is 0 Å². The number of phenolic OH excluding ortho intramolecular Hbond substituents is 1. The number of rotatable bonds is 24. The fourth-order valence-electron chi connectivity index (χ4n) is 5.52. The first kappa shape index (κ1) is 36.5. The molecular weight excluding hydrogens is 576 g/mol. The number of carbonyl (C=O) groups is 2. The van der Waals surface area contributed by atoms with E-state index in [1.807, 2.05) is 36.4 Å². The van der Waals surface area contributed by atoms with E-state index in [-0.39, 0.29) is 18.1 Å². The van der Waals surface area contributed by atoms with E-state index in [0.717, 1.165) is 24.9 Å². The molecule has 46 heavy (non-hydrogen) atoms. The van der Waals surface area contributed by atoms with Gasteiger partial charge < -0.3 is 25.2 Å².